The molecule has 25 heavy (non-hydrogen) atoms. The molecule has 0 aliphatic heterocycles. The number of thiophene rings is 1. The topological polar surface area (TPSA) is 34.9 Å². The van der Waals surface area contributed by atoms with Crippen LogP contribution in [0.1, 0.15) is 28.1 Å². The number of hydrogen-bond acceptors (Lipinski definition) is 4. The third-order valence-electron chi connectivity index (χ3n) is 4.38. The van der Waals surface area contributed by atoms with Crippen molar-refractivity contribution in [2.45, 2.75) is 36.6 Å². The van der Waals surface area contributed by atoms with Gasteiger partial charge in [-0.1, -0.05) is 34.1 Å². The number of benzene rings is 1. The lowest BCUT2D eigenvalue weighted by Gasteiger charge is -2.13. The maximum absolute atomic E-state index is 12.6. The van der Waals surface area contributed by atoms with E-state index in [1.165, 1.54) is 21.7 Å². The van der Waals surface area contributed by atoms with Crippen LogP contribution in [0.15, 0.2) is 56.1 Å². The highest BCUT2D eigenvalue weighted by Gasteiger charge is 2.22. The van der Waals surface area contributed by atoms with Crippen LogP contribution < -0.4 is 5.69 Å². The molecule has 0 spiro atoms. The van der Waals surface area contributed by atoms with E-state index in [1.54, 1.807) is 23.1 Å². The van der Waals surface area contributed by atoms with Gasteiger partial charge >= 0.3 is 5.69 Å². The Morgan fingerprint density at radius 1 is 1.20 bits per heavy atom. The lowest BCUT2D eigenvalue weighted by Crippen LogP contribution is -2.27. The molecule has 2 aromatic heterocycles. The summed E-state index contributed by atoms with van der Waals surface area (Å²) in [5, 5.41) is 2.97. The minimum absolute atomic E-state index is 0.118. The lowest BCUT2D eigenvalue weighted by atomic mass is 10.2. The predicted octanol–water partition coefficient (Wildman–Crippen LogP) is 4.90. The van der Waals surface area contributed by atoms with Gasteiger partial charge in [-0.05, 0) is 48.4 Å². The van der Waals surface area contributed by atoms with Crippen molar-refractivity contribution in [1.29, 1.82) is 0 Å². The molecule has 4 rings (SSSR count). The zero-order chi connectivity index (χ0) is 17.2. The summed E-state index contributed by atoms with van der Waals surface area (Å²) in [6.45, 7) is 0.642. The molecule has 3 nitrogen and oxygen atoms in total. The molecule has 1 aliphatic carbocycles. The molecule has 0 saturated heterocycles. The molecular weight excluding hydrogens is 416 g/mol. The molecule has 0 fully saturated rings. The standard InChI is InChI=1S/C19H17BrN2OS2/c20-14-8-6-13(7-9-14)12-25-18-16-4-1-5-17(16)22(19(23)21-18)11-15-3-2-10-24-15/h2-3,6-10H,1,4-5,11-12H2. The Bertz CT molecular complexity index is 933. The van der Waals surface area contributed by atoms with E-state index >= 15 is 0 Å². The number of fused-ring (bicyclic) bond motifs is 1. The zero-order valence-electron chi connectivity index (χ0n) is 13.6. The minimum Gasteiger partial charge on any atom is -0.291 e. The molecule has 0 saturated carbocycles. The van der Waals surface area contributed by atoms with Gasteiger partial charge < -0.3 is 0 Å². The molecule has 6 heteroatoms. The van der Waals surface area contributed by atoms with Crippen molar-refractivity contribution in [2.24, 2.45) is 0 Å². The molecule has 0 atom stereocenters. The highest BCUT2D eigenvalue weighted by atomic mass is 79.9. The second-order valence-electron chi connectivity index (χ2n) is 6.06. The van der Waals surface area contributed by atoms with Crippen LogP contribution in [-0.4, -0.2) is 9.55 Å². The van der Waals surface area contributed by atoms with Gasteiger partial charge in [0.05, 0.1) is 6.54 Å². The van der Waals surface area contributed by atoms with E-state index in [9.17, 15) is 4.79 Å². The molecule has 0 N–H and O–H groups in total. The van der Waals surface area contributed by atoms with Crippen LogP contribution in [0.2, 0.25) is 0 Å². The van der Waals surface area contributed by atoms with E-state index in [0.29, 0.717) is 6.54 Å². The first-order valence-electron chi connectivity index (χ1n) is 8.23. The second-order valence-corrected chi connectivity index (χ2v) is 8.97. The van der Waals surface area contributed by atoms with Gasteiger partial charge in [0.25, 0.3) is 0 Å². The van der Waals surface area contributed by atoms with Gasteiger partial charge in [-0.3, -0.25) is 4.57 Å². The van der Waals surface area contributed by atoms with Gasteiger partial charge in [0.15, 0.2) is 0 Å². The van der Waals surface area contributed by atoms with Crippen molar-refractivity contribution < 1.29 is 0 Å². The van der Waals surface area contributed by atoms with Crippen molar-refractivity contribution in [1.82, 2.24) is 9.55 Å². The number of rotatable bonds is 5. The van der Waals surface area contributed by atoms with E-state index in [1.807, 2.05) is 22.8 Å². The summed E-state index contributed by atoms with van der Waals surface area (Å²) >= 11 is 6.83. The molecule has 0 unspecified atom stereocenters. The molecular formula is C19H17BrN2OS2. The fraction of sp³-hybridized carbons (Fsp3) is 0.263. The van der Waals surface area contributed by atoms with Crippen molar-refractivity contribution in [3.63, 3.8) is 0 Å². The van der Waals surface area contributed by atoms with Crippen LogP contribution in [-0.2, 0) is 25.1 Å². The van der Waals surface area contributed by atoms with E-state index in [-0.39, 0.29) is 5.69 Å². The summed E-state index contributed by atoms with van der Waals surface area (Å²) in [5.41, 5.74) is 3.59. The summed E-state index contributed by atoms with van der Waals surface area (Å²) in [5.74, 6) is 0.834. The van der Waals surface area contributed by atoms with Gasteiger partial charge in [0.2, 0.25) is 0 Å². The van der Waals surface area contributed by atoms with Gasteiger partial charge in [-0.15, -0.1) is 23.1 Å². The van der Waals surface area contributed by atoms with E-state index in [2.05, 4.69) is 44.5 Å². The fourth-order valence-corrected chi connectivity index (χ4v) is 5.15. The van der Waals surface area contributed by atoms with Gasteiger partial charge in [0.1, 0.15) is 5.03 Å². The van der Waals surface area contributed by atoms with Crippen LogP contribution >= 0.6 is 39.0 Å². The molecule has 3 aromatic rings. The number of hydrogen-bond donors (Lipinski definition) is 0. The third kappa shape index (κ3) is 3.76. The van der Waals surface area contributed by atoms with E-state index in [0.717, 1.165) is 34.5 Å². The van der Waals surface area contributed by atoms with Crippen LogP contribution in [0.5, 0.6) is 0 Å². The maximum Gasteiger partial charge on any atom is 0.349 e. The Kier molecular flexibility index (Phi) is 5.10. The SMILES string of the molecule is O=c1nc(SCc2ccc(Br)cc2)c2c(n1Cc1cccs1)CCC2. The molecule has 0 bridgehead atoms. The first kappa shape index (κ1) is 17.1. The molecule has 1 aromatic carbocycles. The largest absolute Gasteiger partial charge is 0.349 e. The number of nitrogens with zero attached hydrogens (tertiary/aromatic N) is 2. The van der Waals surface area contributed by atoms with Crippen LogP contribution in [0.4, 0.5) is 0 Å². The Balaban J connectivity index is 1.61. The summed E-state index contributed by atoms with van der Waals surface area (Å²) < 4.78 is 2.95. The quantitative estimate of drug-likeness (QED) is 0.424. The first-order chi connectivity index (χ1) is 12.2. The second kappa shape index (κ2) is 7.48. The van der Waals surface area contributed by atoms with Gasteiger partial charge in [0, 0.05) is 26.4 Å². The van der Waals surface area contributed by atoms with Gasteiger partial charge in [-0.25, -0.2) is 4.79 Å². The predicted molar refractivity (Wildman–Crippen MR) is 108 cm³/mol. The average molecular weight is 433 g/mol. The monoisotopic (exact) mass is 432 g/mol. The van der Waals surface area contributed by atoms with Crippen molar-refractivity contribution in [3.05, 3.63) is 78.4 Å². The number of thioether (sulfide) groups is 1. The average Bonchev–Trinajstić information content (AvgIpc) is 3.29. The lowest BCUT2D eigenvalue weighted by molar-refractivity contribution is 0.673. The molecule has 2 heterocycles. The Morgan fingerprint density at radius 2 is 2.04 bits per heavy atom. The summed E-state index contributed by atoms with van der Waals surface area (Å²) in [6.07, 6.45) is 3.11. The fourth-order valence-electron chi connectivity index (χ4n) is 3.16. The van der Waals surface area contributed by atoms with Crippen molar-refractivity contribution in [2.75, 3.05) is 0 Å². The normalized spacial score (nSPS) is 13.2. The molecule has 0 radical (unpaired) electrons. The maximum atomic E-state index is 12.6. The highest BCUT2D eigenvalue weighted by Crippen LogP contribution is 2.31. The zero-order valence-corrected chi connectivity index (χ0v) is 16.8. The third-order valence-corrected chi connectivity index (χ3v) is 6.86. The molecule has 0 amide bonds. The van der Waals surface area contributed by atoms with Crippen LogP contribution in [0.25, 0.3) is 0 Å². The Hall–Kier alpha value is -1.37. The van der Waals surface area contributed by atoms with E-state index in [4.69, 9.17) is 0 Å². The number of halogens is 1. The van der Waals surface area contributed by atoms with Crippen molar-refractivity contribution >= 4 is 39.0 Å². The number of aromatic nitrogens is 2. The summed E-state index contributed by atoms with van der Waals surface area (Å²) in [4.78, 5) is 18.2. The highest BCUT2D eigenvalue weighted by molar-refractivity contribution is 9.10. The Morgan fingerprint density at radius 3 is 2.80 bits per heavy atom. The Labute approximate surface area is 163 Å². The van der Waals surface area contributed by atoms with Crippen molar-refractivity contribution in [3.8, 4) is 0 Å². The van der Waals surface area contributed by atoms with Crippen LogP contribution in [0.3, 0.4) is 0 Å². The molecule has 1 aliphatic rings. The summed E-state index contributed by atoms with van der Waals surface area (Å²) in [6, 6.07) is 12.4. The first-order valence-corrected chi connectivity index (χ1v) is 10.9. The minimum atomic E-state index is -0.118. The van der Waals surface area contributed by atoms with E-state index < -0.39 is 0 Å². The smallest absolute Gasteiger partial charge is 0.291 e. The van der Waals surface area contributed by atoms with Gasteiger partial charge in [-0.2, -0.15) is 4.98 Å². The summed E-state index contributed by atoms with van der Waals surface area (Å²) in [7, 11) is 0. The molecule has 128 valence electrons. The van der Waals surface area contributed by atoms with Crippen LogP contribution in [0, 0.1) is 0 Å².